The molecule has 0 aliphatic rings. The van der Waals surface area contributed by atoms with Gasteiger partial charge in [0.25, 0.3) is 0 Å². The Labute approximate surface area is 335 Å². The summed E-state index contributed by atoms with van der Waals surface area (Å²) in [7, 11) is 0. The van der Waals surface area contributed by atoms with Crippen molar-refractivity contribution in [2.75, 3.05) is 0 Å². The molecule has 1 heterocycles. The highest BCUT2D eigenvalue weighted by Gasteiger charge is 2.19. The Kier molecular flexibility index (Phi) is 8.42. The topological polar surface area (TPSA) is 4.93 Å². The lowest BCUT2D eigenvalue weighted by molar-refractivity contribution is 0.827. The van der Waals surface area contributed by atoms with E-state index < -0.39 is 0 Å². The molecule has 10 rings (SSSR count). The second kappa shape index (κ2) is 13.8. The summed E-state index contributed by atoms with van der Waals surface area (Å²) in [6, 6.07) is 63.5. The molecule has 0 aliphatic heterocycles. The minimum Gasteiger partial charge on any atom is -0.341 e. The summed E-state index contributed by atoms with van der Waals surface area (Å²) in [5.41, 5.74) is 20.3. The summed E-state index contributed by atoms with van der Waals surface area (Å²) in [6.07, 6.45) is 0. The van der Waals surface area contributed by atoms with E-state index in [1.54, 1.807) is 0 Å². The van der Waals surface area contributed by atoms with Gasteiger partial charge in [-0.2, -0.15) is 0 Å². The van der Waals surface area contributed by atoms with E-state index in [1.807, 2.05) is 0 Å². The van der Waals surface area contributed by atoms with Gasteiger partial charge in [0, 0.05) is 28.4 Å². The van der Waals surface area contributed by atoms with Gasteiger partial charge in [-0.3, -0.25) is 0 Å². The average molecular weight is 732 g/mol. The van der Waals surface area contributed by atoms with Crippen LogP contribution in [0.5, 0.6) is 0 Å². The van der Waals surface area contributed by atoms with Crippen LogP contribution in [0.15, 0.2) is 170 Å². The maximum absolute atomic E-state index is 2.42. The zero-order valence-corrected chi connectivity index (χ0v) is 33.3. The molecule has 0 aliphatic carbocycles. The highest BCUT2D eigenvalue weighted by atomic mass is 15.0. The van der Waals surface area contributed by atoms with Crippen molar-refractivity contribution in [3.63, 3.8) is 0 Å². The summed E-state index contributed by atoms with van der Waals surface area (Å²) in [4.78, 5) is 0. The minimum absolute atomic E-state index is 0.956. The van der Waals surface area contributed by atoms with E-state index in [1.165, 1.54) is 121 Å². The van der Waals surface area contributed by atoms with Crippen molar-refractivity contribution in [1.29, 1.82) is 0 Å². The molecular weight excluding hydrogens is 687 g/mol. The molecule has 9 aromatic carbocycles. The third-order valence-electron chi connectivity index (χ3n) is 12.4. The predicted octanol–water partition coefficient (Wildman–Crippen LogP) is 15.7. The summed E-state index contributed by atoms with van der Waals surface area (Å²) in [5.74, 6) is 0. The minimum atomic E-state index is 0.956. The average Bonchev–Trinajstić information content (AvgIpc) is 3.57. The van der Waals surface area contributed by atoms with E-state index in [4.69, 9.17) is 0 Å². The number of benzene rings is 9. The van der Waals surface area contributed by atoms with Crippen molar-refractivity contribution in [3.8, 4) is 55.6 Å². The van der Waals surface area contributed by atoms with E-state index >= 15 is 0 Å². The van der Waals surface area contributed by atoms with E-state index in [0.717, 1.165) is 6.54 Å². The zero-order valence-electron chi connectivity index (χ0n) is 33.3. The molecule has 1 aromatic heterocycles. The first kappa shape index (κ1) is 34.8. The van der Waals surface area contributed by atoms with Crippen LogP contribution in [0.4, 0.5) is 0 Å². The second-order valence-electron chi connectivity index (χ2n) is 15.8. The maximum atomic E-state index is 2.42. The van der Waals surface area contributed by atoms with E-state index in [0.29, 0.717) is 0 Å². The molecule has 0 amide bonds. The molecule has 0 fully saturated rings. The SMILES string of the molecule is CCn1c2ccccc2c2cc(-c3ccc(-c4ccc(-c5c6cc(C)c(C)cc6c(-c6ccc(-c7ccccc7)cc6)c6cc(C)c(C)cc56)cc4)cc3)ccc21. The van der Waals surface area contributed by atoms with Crippen molar-refractivity contribution >= 4 is 43.4 Å². The van der Waals surface area contributed by atoms with Crippen LogP contribution in [0.3, 0.4) is 0 Å². The standard InChI is InChI=1S/C56H45N/c1-6-57-53-15-11-10-14-47(53)48-34-46(28-29-54(48)57)43-18-16-41(17-19-43)42-22-26-45(27-23-42)56-51-32-37(4)35(2)30-49(51)55(50-31-36(3)38(5)33-52(50)56)44-24-20-40(21-25-44)39-12-8-7-9-13-39/h7-34H,6H2,1-5H3. The fourth-order valence-corrected chi connectivity index (χ4v) is 9.09. The number of hydrogen-bond donors (Lipinski definition) is 0. The van der Waals surface area contributed by atoms with Gasteiger partial charge >= 0.3 is 0 Å². The lowest BCUT2D eigenvalue weighted by Crippen LogP contribution is -1.95. The molecule has 274 valence electrons. The van der Waals surface area contributed by atoms with Gasteiger partial charge in [-0.05, 0) is 152 Å². The fraction of sp³-hybridized carbons (Fsp3) is 0.107. The van der Waals surface area contributed by atoms with Gasteiger partial charge in [0.15, 0.2) is 0 Å². The lowest BCUT2D eigenvalue weighted by Gasteiger charge is -2.21. The van der Waals surface area contributed by atoms with Gasteiger partial charge in [-0.25, -0.2) is 0 Å². The third-order valence-corrected chi connectivity index (χ3v) is 12.4. The molecule has 0 radical (unpaired) electrons. The quantitative estimate of drug-likeness (QED) is 0.150. The Balaban J connectivity index is 1.06. The van der Waals surface area contributed by atoms with Crippen LogP contribution in [-0.4, -0.2) is 4.57 Å². The number of aryl methyl sites for hydroxylation is 5. The maximum Gasteiger partial charge on any atom is 0.0491 e. The second-order valence-corrected chi connectivity index (χ2v) is 15.8. The normalized spacial score (nSPS) is 11.7. The predicted molar refractivity (Wildman–Crippen MR) is 246 cm³/mol. The van der Waals surface area contributed by atoms with E-state index in [-0.39, 0.29) is 0 Å². The molecule has 0 unspecified atom stereocenters. The first-order valence-electron chi connectivity index (χ1n) is 20.2. The van der Waals surface area contributed by atoms with E-state index in [2.05, 4.69) is 209 Å². The highest BCUT2D eigenvalue weighted by Crippen LogP contribution is 2.46. The zero-order chi connectivity index (χ0) is 38.8. The van der Waals surface area contributed by atoms with Crippen LogP contribution in [0.2, 0.25) is 0 Å². The Morgan fingerprint density at radius 3 is 1.11 bits per heavy atom. The number of nitrogens with zero attached hydrogens (tertiary/aromatic N) is 1. The Morgan fingerprint density at radius 1 is 0.298 bits per heavy atom. The van der Waals surface area contributed by atoms with Gasteiger partial charge in [-0.15, -0.1) is 0 Å². The van der Waals surface area contributed by atoms with E-state index in [9.17, 15) is 0 Å². The number of hydrogen-bond acceptors (Lipinski definition) is 0. The molecule has 0 saturated heterocycles. The molecule has 1 heteroatoms. The Hall–Kier alpha value is -6.70. The molecule has 0 spiro atoms. The van der Waals surface area contributed by atoms with Crippen LogP contribution >= 0.6 is 0 Å². The van der Waals surface area contributed by atoms with Crippen molar-refractivity contribution < 1.29 is 0 Å². The smallest absolute Gasteiger partial charge is 0.0491 e. The highest BCUT2D eigenvalue weighted by molar-refractivity contribution is 6.22. The summed E-state index contributed by atoms with van der Waals surface area (Å²) in [5, 5.41) is 7.83. The number of aromatic nitrogens is 1. The molecule has 1 nitrogen and oxygen atoms in total. The van der Waals surface area contributed by atoms with Gasteiger partial charge in [0.05, 0.1) is 0 Å². The van der Waals surface area contributed by atoms with Crippen LogP contribution < -0.4 is 0 Å². The number of fused-ring (bicyclic) bond motifs is 5. The Morgan fingerprint density at radius 2 is 0.649 bits per heavy atom. The number of rotatable bonds is 6. The van der Waals surface area contributed by atoms with Crippen LogP contribution in [-0.2, 0) is 6.54 Å². The van der Waals surface area contributed by atoms with Crippen molar-refractivity contribution in [2.45, 2.75) is 41.2 Å². The van der Waals surface area contributed by atoms with Gasteiger partial charge in [0.1, 0.15) is 0 Å². The molecule has 57 heavy (non-hydrogen) atoms. The molecule has 10 aromatic rings. The van der Waals surface area contributed by atoms with Crippen molar-refractivity contribution in [3.05, 3.63) is 192 Å². The first-order chi connectivity index (χ1) is 27.9. The third kappa shape index (κ3) is 5.85. The molecule has 0 bridgehead atoms. The van der Waals surface area contributed by atoms with Crippen LogP contribution in [0.25, 0.3) is 99.0 Å². The summed E-state index contributed by atoms with van der Waals surface area (Å²) in [6.45, 7) is 12.1. The monoisotopic (exact) mass is 731 g/mol. The molecule has 0 saturated carbocycles. The summed E-state index contributed by atoms with van der Waals surface area (Å²) >= 11 is 0. The van der Waals surface area contributed by atoms with Crippen LogP contribution in [0.1, 0.15) is 29.2 Å². The largest absolute Gasteiger partial charge is 0.341 e. The molecule has 0 N–H and O–H groups in total. The lowest BCUT2D eigenvalue weighted by atomic mass is 9.83. The van der Waals surface area contributed by atoms with Crippen molar-refractivity contribution in [2.24, 2.45) is 0 Å². The van der Waals surface area contributed by atoms with Crippen LogP contribution in [0, 0.1) is 27.7 Å². The van der Waals surface area contributed by atoms with Gasteiger partial charge in [-0.1, -0.05) is 152 Å². The number of para-hydroxylation sites is 1. The fourth-order valence-electron chi connectivity index (χ4n) is 9.09. The van der Waals surface area contributed by atoms with Crippen molar-refractivity contribution in [1.82, 2.24) is 4.57 Å². The van der Waals surface area contributed by atoms with Gasteiger partial charge < -0.3 is 4.57 Å². The molecule has 0 atom stereocenters. The Bertz CT molecular complexity index is 3070. The van der Waals surface area contributed by atoms with Gasteiger partial charge in [0.2, 0.25) is 0 Å². The first-order valence-corrected chi connectivity index (χ1v) is 20.2. The molecular formula is C56H45N. The summed E-state index contributed by atoms with van der Waals surface area (Å²) < 4.78 is 2.41.